The van der Waals surface area contributed by atoms with E-state index in [1.54, 1.807) is 0 Å². The van der Waals surface area contributed by atoms with Crippen molar-refractivity contribution in [3.8, 4) is 0 Å². The number of carbonyl (C=O) groups is 1. The van der Waals surface area contributed by atoms with E-state index in [1.165, 1.54) is 19.3 Å². The fraction of sp³-hybridized carbons (Fsp3) is 0.562. The highest BCUT2D eigenvalue weighted by molar-refractivity contribution is 6.34. The number of rotatable bonds is 2. The normalized spacial score (nSPS) is 28.7. The predicted octanol–water partition coefficient (Wildman–Crippen LogP) is 4.33. The number of hydrogen-bond acceptors (Lipinski definition) is 1. The fourth-order valence-electron chi connectivity index (χ4n) is 3.86. The summed E-state index contributed by atoms with van der Waals surface area (Å²) in [5, 5.41) is 3.71. The molecule has 102 valence electrons. The Bertz CT molecular complexity index is 502. The number of nitrogens with one attached hydrogen (secondary N) is 1. The molecule has 3 unspecified atom stereocenters. The quantitative estimate of drug-likeness (QED) is 0.856. The van der Waals surface area contributed by atoms with Crippen LogP contribution in [0, 0.1) is 31.6 Å². The monoisotopic (exact) mass is 277 g/mol. The van der Waals surface area contributed by atoms with Gasteiger partial charge in [0.2, 0.25) is 5.91 Å². The van der Waals surface area contributed by atoms with Gasteiger partial charge in [-0.3, -0.25) is 4.79 Å². The number of carbonyl (C=O) groups excluding carboxylic acids is 1. The molecule has 2 saturated carbocycles. The van der Waals surface area contributed by atoms with Crippen molar-refractivity contribution in [2.24, 2.45) is 17.8 Å². The Balaban J connectivity index is 1.77. The van der Waals surface area contributed by atoms with Crippen molar-refractivity contribution in [3.05, 3.63) is 28.3 Å². The van der Waals surface area contributed by atoms with Gasteiger partial charge in [0.15, 0.2) is 0 Å². The lowest BCUT2D eigenvalue weighted by Gasteiger charge is -2.22. The molecule has 3 rings (SSSR count). The van der Waals surface area contributed by atoms with Crippen LogP contribution in [0.4, 0.5) is 5.69 Å². The Morgan fingerprint density at radius 1 is 1.26 bits per heavy atom. The molecule has 3 atom stereocenters. The zero-order valence-electron chi connectivity index (χ0n) is 11.5. The van der Waals surface area contributed by atoms with E-state index in [-0.39, 0.29) is 11.8 Å². The van der Waals surface area contributed by atoms with Crippen LogP contribution < -0.4 is 5.32 Å². The lowest BCUT2D eigenvalue weighted by Crippen LogP contribution is -2.27. The maximum atomic E-state index is 12.4. The van der Waals surface area contributed by atoms with Crippen LogP contribution in [0.3, 0.4) is 0 Å². The average Bonchev–Trinajstić information content (AvgIpc) is 2.95. The summed E-state index contributed by atoms with van der Waals surface area (Å²) in [6, 6.07) is 3.97. The highest BCUT2D eigenvalue weighted by Crippen LogP contribution is 2.48. The summed E-state index contributed by atoms with van der Waals surface area (Å²) < 4.78 is 0. The lowest BCUT2D eigenvalue weighted by atomic mass is 9.88. The number of fused-ring (bicyclic) bond motifs is 2. The van der Waals surface area contributed by atoms with Gasteiger partial charge in [0.05, 0.1) is 10.7 Å². The Morgan fingerprint density at radius 2 is 2.05 bits per heavy atom. The molecular weight excluding hydrogens is 258 g/mol. The van der Waals surface area contributed by atoms with Crippen LogP contribution in [0.5, 0.6) is 0 Å². The summed E-state index contributed by atoms with van der Waals surface area (Å²) in [6.45, 7) is 4.01. The van der Waals surface area contributed by atoms with E-state index in [4.69, 9.17) is 11.6 Å². The third-order valence-corrected chi connectivity index (χ3v) is 5.05. The van der Waals surface area contributed by atoms with E-state index in [9.17, 15) is 4.79 Å². The first-order chi connectivity index (χ1) is 9.04. The Morgan fingerprint density at radius 3 is 2.63 bits per heavy atom. The number of benzene rings is 1. The lowest BCUT2D eigenvalue weighted by molar-refractivity contribution is -0.121. The summed E-state index contributed by atoms with van der Waals surface area (Å²) in [4.78, 5) is 12.4. The topological polar surface area (TPSA) is 29.1 Å². The summed E-state index contributed by atoms with van der Waals surface area (Å²) >= 11 is 6.25. The van der Waals surface area contributed by atoms with Crippen LogP contribution in [-0.4, -0.2) is 5.91 Å². The van der Waals surface area contributed by atoms with E-state index < -0.39 is 0 Å². The van der Waals surface area contributed by atoms with Gasteiger partial charge in [-0.1, -0.05) is 24.1 Å². The first kappa shape index (κ1) is 13.0. The van der Waals surface area contributed by atoms with Gasteiger partial charge >= 0.3 is 0 Å². The number of amides is 1. The third kappa shape index (κ3) is 2.38. The molecule has 0 heterocycles. The molecule has 0 aromatic heterocycles. The molecule has 1 N–H and O–H groups in total. The van der Waals surface area contributed by atoms with E-state index >= 15 is 0 Å². The van der Waals surface area contributed by atoms with Crippen molar-refractivity contribution < 1.29 is 4.79 Å². The minimum atomic E-state index is 0.168. The molecule has 2 nitrogen and oxygen atoms in total. The summed E-state index contributed by atoms with van der Waals surface area (Å²) in [6.07, 6.45) is 4.86. The first-order valence-electron chi connectivity index (χ1n) is 7.12. The average molecular weight is 278 g/mol. The van der Waals surface area contributed by atoms with Crippen molar-refractivity contribution in [1.82, 2.24) is 0 Å². The number of halogens is 1. The summed E-state index contributed by atoms with van der Waals surface area (Å²) in [5.41, 5.74) is 2.96. The van der Waals surface area contributed by atoms with Gasteiger partial charge in [0.25, 0.3) is 0 Å². The fourth-order valence-corrected chi connectivity index (χ4v) is 4.22. The largest absolute Gasteiger partial charge is 0.324 e. The second kappa shape index (κ2) is 4.82. The molecule has 3 heteroatoms. The highest BCUT2D eigenvalue weighted by Gasteiger charge is 2.43. The van der Waals surface area contributed by atoms with Gasteiger partial charge in [0.1, 0.15) is 0 Å². The maximum Gasteiger partial charge on any atom is 0.227 e. The number of hydrogen-bond donors (Lipinski definition) is 1. The molecule has 1 amide bonds. The van der Waals surface area contributed by atoms with Crippen LogP contribution in [-0.2, 0) is 4.79 Å². The first-order valence-corrected chi connectivity index (χ1v) is 7.50. The van der Waals surface area contributed by atoms with Gasteiger partial charge in [-0.15, -0.1) is 0 Å². The standard InChI is InChI=1S/C16H20ClNO/c1-9-5-10(2)15(14(17)6-9)18-16(19)13-8-11-3-4-12(13)7-11/h5-6,11-13H,3-4,7-8H2,1-2H3,(H,18,19). The molecule has 2 aliphatic carbocycles. The molecule has 2 bridgehead atoms. The van der Waals surface area contributed by atoms with Gasteiger partial charge in [-0.25, -0.2) is 0 Å². The number of aryl methyl sites for hydroxylation is 2. The number of anilines is 1. The molecule has 0 spiro atoms. The molecule has 1 aromatic carbocycles. The van der Waals surface area contributed by atoms with Gasteiger partial charge in [-0.05, 0) is 62.1 Å². The molecule has 0 radical (unpaired) electrons. The molecule has 0 aliphatic heterocycles. The Labute approximate surface area is 119 Å². The van der Waals surface area contributed by atoms with Crippen molar-refractivity contribution in [2.75, 3.05) is 5.32 Å². The smallest absolute Gasteiger partial charge is 0.227 e. The van der Waals surface area contributed by atoms with Crippen molar-refractivity contribution >= 4 is 23.2 Å². The summed E-state index contributed by atoms with van der Waals surface area (Å²) in [5.74, 6) is 1.77. The predicted molar refractivity (Wildman–Crippen MR) is 78.5 cm³/mol. The van der Waals surface area contributed by atoms with Crippen LogP contribution >= 0.6 is 11.6 Å². The van der Waals surface area contributed by atoms with Crippen LogP contribution in [0.25, 0.3) is 0 Å². The van der Waals surface area contributed by atoms with Crippen molar-refractivity contribution in [1.29, 1.82) is 0 Å². The summed E-state index contributed by atoms with van der Waals surface area (Å²) in [7, 11) is 0. The zero-order chi connectivity index (χ0) is 13.6. The second-order valence-corrected chi connectivity index (χ2v) is 6.62. The molecule has 0 saturated heterocycles. The van der Waals surface area contributed by atoms with Gasteiger partial charge in [0, 0.05) is 5.92 Å². The minimum absolute atomic E-state index is 0.168. The minimum Gasteiger partial charge on any atom is -0.324 e. The van der Waals surface area contributed by atoms with Crippen LogP contribution in [0.1, 0.15) is 36.8 Å². The molecule has 2 aliphatic rings. The van der Waals surface area contributed by atoms with Crippen molar-refractivity contribution in [2.45, 2.75) is 39.5 Å². The van der Waals surface area contributed by atoms with Gasteiger partial charge in [-0.2, -0.15) is 0 Å². The SMILES string of the molecule is Cc1cc(C)c(NC(=O)C2CC3CCC2C3)c(Cl)c1. The molecular formula is C16H20ClNO. The molecule has 1 aromatic rings. The van der Waals surface area contributed by atoms with Crippen molar-refractivity contribution in [3.63, 3.8) is 0 Å². The third-order valence-electron chi connectivity index (χ3n) is 4.75. The molecule has 19 heavy (non-hydrogen) atoms. The van der Waals surface area contributed by atoms with E-state index in [0.29, 0.717) is 10.9 Å². The van der Waals surface area contributed by atoms with Crippen LogP contribution in [0.2, 0.25) is 5.02 Å². The van der Waals surface area contributed by atoms with E-state index in [1.807, 2.05) is 19.9 Å². The Hall–Kier alpha value is -1.02. The molecule has 2 fully saturated rings. The van der Waals surface area contributed by atoms with E-state index in [0.717, 1.165) is 29.2 Å². The highest BCUT2D eigenvalue weighted by atomic mass is 35.5. The van der Waals surface area contributed by atoms with Crippen LogP contribution in [0.15, 0.2) is 12.1 Å². The van der Waals surface area contributed by atoms with Gasteiger partial charge < -0.3 is 5.32 Å². The zero-order valence-corrected chi connectivity index (χ0v) is 12.3. The van der Waals surface area contributed by atoms with E-state index in [2.05, 4.69) is 11.4 Å². The Kier molecular flexibility index (Phi) is 3.30. The second-order valence-electron chi connectivity index (χ2n) is 6.21. The maximum absolute atomic E-state index is 12.4.